The zero-order chi connectivity index (χ0) is 26.1. The van der Waals surface area contributed by atoms with Gasteiger partial charge in [-0.3, -0.25) is 9.59 Å². The van der Waals surface area contributed by atoms with Gasteiger partial charge < -0.3 is 19.6 Å². The number of aliphatic carboxylic acids is 1. The molecule has 0 saturated carbocycles. The second-order valence-electron chi connectivity index (χ2n) is 9.61. The average molecular weight is 486 g/mol. The summed E-state index contributed by atoms with van der Waals surface area (Å²) in [6, 6.07) is 14.7. The van der Waals surface area contributed by atoms with Crippen LogP contribution in [0.3, 0.4) is 0 Å². The second kappa shape index (κ2) is 13.2. The molecule has 7 heteroatoms. The second-order valence-corrected chi connectivity index (χ2v) is 9.61. The highest BCUT2D eigenvalue weighted by molar-refractivity contribution is 6.14. The first kappa shape index (κ1) is 27.4. The number of likely N-dealkylation sites (tertiary alicyclic amines) is 1. The fraction of sp³-hybridized carbons (Fsp3) is 0.448. The molecule has 0 aliphatic carbocycles. The Bertz CT molecular complexity index is 1080. The number of ether oxygens (including phenoxy) is 1. The number of carbonyl (C=O) groups is 2. The van der Waals surface area contributed by atoms with Crippen LogP contribution in [-0.2, 0) is 4.79 Å². The Hall–Kier alpha value is -3.24. The third-order valence-corrected chi connectivity index (χ3v) is 6.24. The SMILES string of the molecule is [B]C(c1ccccc1OCCCCCC(=O)O)N(C(=O)c1ccc(C#CC2CN(C)C2)cc1)C(C)C. The van der Waals surface area contributed by atoms with E-state index in [1.54, 1.807) is 17.0 Å². The van der Waals surface area contributed by atoms with Gasteiger partial charge in [-0.2, -0.15) is 0 Å². The summed E-state index contributed by atoms with van der Waals surface area (Å²) in [5, 5.41) is 8.76. The lowest BCUT2D eigenvalue weighted by atomic mass is 9.85. The van der Waals surface area contributed by atoms with Crippen LogP contribution >= 0.6 is 0 Å². The normalized spacial score (nSPS) is 14.4. The Morgan fingerprint density at radius 3 is 2.44 bits per heavy atom. The van der Waals surface area contributed by atoms with Crippen molar-refractivity contribution in [2.24, 2.45) is 5.92 Å². The lowest BCUT2D eigenvalue weighted by Crippen LogP contribution is -2.42. The van der Waals surface area contributed by atoms with E-state index in [4.69, 9.17) is 17.7 Å². The molecule has 0 bridgehead atoms. The van der Waals surface area contributed by atoms with Gasteiger partial charge in [0.1, 0.15) is 13.6 Å². The fourth-order valence-electron chi connectivity index (χ4n) is 4.25. The van der Waals surface area contributed by atoms with Gasteiger partial charge in [-0.15, -0.1) is 0 Å². The van der Waals surface area contributed by atoms with Crippen LogP contribution in [0.5, 0.6) is 5.75 Å². The van der Waals surface area contributed by atoms with Crippen LogP contribution < -0.4 is 4.74 Å². The number of hydrogen-bond donors (Lipinski definition) is 1. The molecule has 3 rings (SSSR count). The molecule has 1 atom stereocenters. The summed E-state index contributed by atoms with van der Waals surface area (Å²) in [4.78, 5) is 28.0. The lowest BCUT2D eigenvalue weighted by Gasteiger charge is -2.34. The molecular formula is C29H35BN2O4. The van der Waals surface area contributed by atoms with Crippen molar-refractivity contribution < 1.29 is 19.4 Å². The maximum Gasteiger partial charge on any atom is 0.303 e. The standard InChI is InChI=1S/C29H35BN2O4/c1-21(2)32(29(35)24-16-14-22(15-17-24)12-13-23-19-31(3)20-23)28(30)25-9-6-7-10-26(25)36-18-8-4-5-11-27(33)34/h6-7,9-10,14-17,21,23,28H,4-5,8,11,18-20H2,1-3H3,(H,33,34). The minimum absolute atomic E-state index is 0.133. The Balaban J connectivity index is 1.66. The minimum Gasteiger partial charge on any atom is -0.493 e. The molecule has 1 amide bonds. The number of benzene rings is 2. The number of rotatable bonds is 11. The zero-order valence-electron chi connectivity index (χ0n) is 21.4. The number of unbranched alkanes of at least 4 members (excludes halogenated alkanes) is 2. The molecule has 0 spiro atoms. The topological polar surface area (TPSA) is 70.1 Å². The number of carboxylic acids is 1. The maximum absolute atomic E-state index is 13.5. The molecule has 1 N–H and O–H groups in total. The van der Waals surface area contributed by atoms with E-state index in [0.29, 0.717) is 30.3 Å². The summed E-state index contributed by atoms with van der Waals surface area (Å²) >= 11 is 0. The van der Waals surface area contributed by atoms with Gasteiger partial charge in [0.05, 0.1) is 6.61 Å². The summed E-state index contributed by atoms with van der Waals surface area (Å²) in [5.41, 5.74) is 2.19. The van der Waals surface area contributed by atoms with Crippen molar-refractivity contribution in [1.82, 2.24) is 9.80 Å². The largest absolute Gasteiger partial charge is 0.493 e. The molecule has 2 radical (unpaired) electrons. The van der Waals surface area contributed by atoms with E-state index in [9.17, 15) is 9.59 Å². The van der Waals surface area contributed by atoms with E-state index < -0.39 is 11.9 Å². The zero-order valence-corrected chi connectivity index (χ0v) is 21.4. The van der Waals surface area contributed by atoms with Gasteiger partial charge in [0.25, 0.3) is 5.91 Å². The van der Waals surface area contributed by atoms with Gasteiger partial charge in [0, 0.05) is 54.1 Å². The fourth-order valence-corrected chi connectivity index (χ4v) is 4.25. The van der Waals surface area contributed by atoms with Crippen molar-refractivity contribution in [3.63, 3.8) is 0 Å². The first-order chi connectivity index (χ1) is 17.3. The summed E-state index contributed by atoms with van der Waals surface area (Å²) in [5.74, 6) is 5.92. The van der Waals surface area contributed by atoms with Gasteiger partial charge in [0.2, 0.25) is 0 Å². The Kier molecular flexibility index (Phi) is 10.0. The first-order valence-corrected chi connectivity index (χ1v) is 12.6. The van der Waals surface area contributed by atoms with Crippen molar-refractivity contribution in [1.29, 1.82) is 0 Å². The summed E-state index contributed by atoms with van der Waals surface area (Å²) < 4.78 is 5.98. The highest BCUT2D eigenvalue weighted by Crippen LogP contribution is 2.30. The van der Waals surface area contributed by atoms with Crippen LogP contribution in [0.15, 0.2) is 48.5 Å². The van der Waals surface area contributed by atoms with Crippen LogP contribution in [0.4, 0.5) is 0 Å². The predicted octanol–water partition coefficient (Wildman–Crippen LogP) is 4.34. The molecule has 1 heterocycles. The molecule has 1 fully saturated rings. The van der Waals surface area contributed by atoms with Crippen LogP contribution in [-0.4, -0.2) is 67.4 Å². The summed E-state index contributed by atoms with van der Waals surface area (Å²) in [7, 11) is 8.72. The molecule has 2 aromatic rings. The number of para-hydroxylation sites is 1. The van der Waals surface area contributed by atoms with Gasteiger partial charge in [-0.05, 0) is 70.5 Å². The molecule has 6 nitrogen and oxygen atoms in total. The third-order valence-electron chi connectivity index (χ3n) is 6.24. The molecule has 2 aromatic carbocycles. The number of carboxylic acid groups (broad SMARTS) is 1. The van der Waals surface area contributed by atoms with Gasteiger partial charge in [0.15, 0.2) is 0 Å². The molecule has 1 unspecified atom stereocenters. The van der Waals surface area contributed by atoms with Crippen LogP contribution in [0.1, 0.15) is 67.0 Å². The Labute approximate surface area is 216 Å². The molecular weight excluding hydrogens is 451 g/mol. The predicted molar refractivity (Wildman–Crippen MR) is 142 cm³/mol. The highest BCUT2D eigenvalue weighted by Gasteiger charge is 2.27. The van der Waals surface area contributed by atoms with Crippen molar-refractivity contribution in [2.45, 2.75) is 51.5 Å². The molecule has 188 valence electrons. The van der Waals surface area contributed by atoms with Crippen LogP contribution in [0, 0.1) is 17.8 Å². The maximum atomic E-state index is 13.5. The smallest absolute Gasteiger partial charge is 0.303 e. The Morgan fingerprint density at radius 2 is 1.81 bits per heavy atom. The molecule has 36 heavy (non-hydrogen) atoms. The van der Waals surface area contributed by atoms with E-state index in [2.05, 4.69) is 23.8 Å². The minimum atomic E-state index is -0.782. The van der Waals surface area contributed by atoms with E-state index in [-0.39, 0.29) is 18.4 Å². The number of nitrogens with zero attached hydrogens (tertiary/aromatic N) is 2. The monoisotopic (exact) mass is 486 g/mol. The lowest BCUT2D eigenvalue weighted by molar-refractivity contribution is -0.137. The van der Waals surface area contributed by atoms with E-state index >= 15 is 0 Å². The van der Waals surface area contributed by atoms with Crippen LogP contribution in [0.2, 0.25) is 0 Å². The third kappa shape index (κ3) is 7.63. The molecule has 0 aromatic heterocycles. The number of hydrogen-bond acceptors (Lipinski definition) is 4. The van der Waals surface area contributed by atoms with Gasteiger partial charge >= 0.3 is 5.97 Å². The highest BCUT2D eigenvalue weighted by atomic mass is 16.5. The van der Waals surface area contributed by atoms with Gasteiger partial charge in [-0.25, -0.2) is 0 Å². The van der Waals surface area contributed by atoms with Crippen molar-refractivity contribution in [2.75, 3.05) is 26.7 Å². The average Bonchev–Trinajstić information content (AvgIpc) is 2.83. The summed E-state index contributed by atoms with van der Waals surface area (Å²) in [6.45, 7) is 6.35. The summed E-state index contributed by atoms with van der Waals surface area (Å²) in [6.07, 6.45) is 2.31. The first-order valence-electron chi connectivity index (χ1n) is 12.6. The Morgan fingerprint density at radius 1 is 1.11 bits per heavy atom. The van der Waals surface area contributed by atoms with E-state index in [0.717, 1.165) is 37.1 Å². The number of amides is 1. The van der Waals surface area contributed by atoms with E-state index in [1.165, 1.54) is 0 Å². The van der Waals surface area contributed by atoms with Gasteiger partial charge in [-0.1, -0.05) is 30.0 Å². The van der Waals surface area contributed by atoms with Crippen molar-refractivity contribution >= 4 is 19.7 Å². The van der Waals surface area contributed by atoms with Crippen molar-refractivity contribution in [3.8, 4) is 17.6 Å². The number of carbonyl (C=O) groups excluding carboxylic acids is 1. The van der Waals surface area contributed by atoms with Crippen molar-refractivity contribution in [3.05, 3.63) is 65.2 Å². The van der Waals surface area contributed by atoms with E-state index in [1.807, 2.05) is 50.2 Å². The molecule has 1 saturated heterocycles. The van der Waals surface area contributed by atoms with Crippen LogP contribution in [0.25, 0.3) is 0 Å². The molecule has 1 aliphatic heterocycles. The molecule has 1 aliphatic rings. The quantitative estimate of drug-likeness (QED) is 0.291.